The molecule has 2 amide bonds. The fourth-order valence-corrected chi connectivity index (χ4v) is 4.93. The molecule has 0 saturated carbocycles. The molecule has 1 aromatic heterocycles. The lowest BCUT2D eigenvalue weighted by Gasteiger charge is -2.28. The lowest BCUT2D eigenvalue weighted by Crippen LogP contribution is -2.42. The third-order valence-corrected chi connectivity index (χ3v) is 6.65. The Kier molecular flexibility index (Phi) is 6.29. The second kappa shape index (κ2) is 9.84. The van der Waals surface area contributed by atoms with Crippen molar-refractivity contribution >= 4 is 22.9 Å². The maximum atomic E-state index is 12.3. The zero-order valence-corrected chi connectivity index (χ0v) is 19.8. The number of nitriles is 1. The molecule has 0 saturated heterocycles. The fourth-order valence-electron chi connectivity index (χ4n) is 3.97. The Balaban J connectivity index is 1.39. The van der Waals surface area contributed by atoms with Gasteiger partial charge in [0, 0.05) is 22.2 Å². The molecular weight excluding hydrogens is 456 g/mol. The summed E-state index contributed by atoms with van der Waals surface area (Å²) in [5, 5.41) is 17.8. The molecule has 0 radical (unpaired) electrons. The molecule has 2 heterocycles. The second-order valence-electron chi connectivity index (χ2n) is 8.14. The Hall–Kier alpha value is -4.41. The number of urea groups is 1. The Morgan fingerprint density at radius 1 is 1.03 bits per heavy atom. The van der Waals surface area contributed by atoms with E-state index in [0.717, 1.165) is 44.4 Å². The topological polar surface area (TPSA) is 87.0 Å². The van der Waals surface area contributed by atoms with E-state index in [-0.39, 0.29) is 12.1 Å². The minimum atomic E-state index is -0.341. The molecule has 0 aliphatic carbocycles. The van der Waals surface area contributed by atoms with Gasteiger partial charge in [0.1, 0.15) is 17.4 Å². The Labute approximate surface area is 207 Å². The molecule has 1 aliphatic rings. The van der Waals surface area contributed by atoms with E-state index in [1.807, 2.05) is 79.0 Å². The predicted octanol–water partition coefficient (Wildman–Crippen LogP) is 6.05. The first kappa shape index (κ1) is 22.4. The van der Waals surface area contributed by atoms with Crippen molar-refractivity contribution in [1.82, 2.24) is 15.6 Å². The van der Waals surface area contributed by atoms with Crippen molar-refractivity contribution in [3.8, 4) is 23.1 Å². The number of hydrogen-bond donors (Lipinski definition) is 2. The lowest BCUT2D eigenvalue weighted by molar-refractivity contribution is 0.240. The summed E-state index contributed by atoms with van der Waals surface area (Å²) in [7, 11) is 0. The zero-order chi connectivity index (χ0) is 24.2. The minimum Gasteiger partial charge on any atom is -0.489 e. The number of allylic oxidation sites excluding steroid dienone is 1. The quantitative estimate of drug-likeness (QED) is 0.353. The van der Waals surface area contributed by atoms with Crippen molar-refractivity contribution in [2.24, 2.45) is 0 Å². The first-order chi connectivity index (χ1) is 17.1. The summed E-state index contributed by atoms with van der Waals surface area (Å²) < 4.78 is 5.91. The van der Waals surface area contributed by atoms with Gasteiger partial charge in [0.05, 0.1) is 23.4 Å². The van der Waals surface area contributed by atoms with E-state index in [2.05, 4.69) is 16.7 Å². The van der Waals surface area contributed by atoms with Gasteiger partial charge in [0.2, 0.25) is 0 Å². The van der Waals surface area contributed by atoms with Crippen LogP contribution in [-0.4, -0.2) is 11.0 Å². The van der Waals surface area contributed by atoms with Crippen LogP contribution in [0.2, 0.25) is 0 Å². The van der Waals surface area contributed by atoms with Crippen LogP contribution in [0.5, 0.6) is 5.75 Å². The number of carbonyl (C=O) groups excluding carboxylic acids is 1. The first-order valence-electron chi connectivity index (χ1n) is 11.1. The van der Waals surface area contributed by atoms with Gasteiger partial charge < -0.3 is 15.4 Å². The van der Waals surface area contributed by atoms with Gasteiger partial charge in [-0.2, -0.15) is 5.26 Å². The van der Waals surface area contributed by atoms with Crippen molar-refractivity contribution in [1.29, 1.82) is 5.26 Å². The molecule has 1 aliphatic heterocycles. The van der Waals surface area contributed by atoms with Gasteiger partial charge >= 0.3 is 6.03 Å². The number of nitrogens with zero attached hydrogens (tertiary/aromatic N) is 2. The average molecular weight is 479 g/mol. The van der Waals surface area contributed by atoms with Crippen LogP contribution < -0.4 is 15.4 Å². The van der Waals surface area contributed by atoms with E-state index in [0.29, 0.717) is 12.2 Å². The molecule has 3 aromatic carbocycles. The van der Waals surface area contributed by atoms with E-state index >= 15 is 0 Å². The third-order valence-electron chi connectivity index (χ3n) is 5.78. The predicted molar refractivity (Wildman–Crippen MR) is 136 cm³/mol. The number of hydrogen-bond acceptors (Lipinski definition) is 5. The van der Waals surface area contributed by atoms with Gasteiger partial charge in [-0.1, -0.05) is 54.6 Å². The highest BCUT2D eigenvalue weighted by Gasteiger charge is 2.29. The SMILES string of the molecule is CC1=C(c2nc(-c3ccc(C#N)cc3)cs2)C(c2ccc(OCc3ccccc3)cc2)NC(=O)N1. The summed E-state index contributed by atoms with van der Waals surface area (Å²) in [5.74, 6) is 0.762. The fraction of sp³-hybridized carbons (Fsp3) is 0.107. The number of thiazole rings is 1. The molecule has 0 bridgehead atoms. The maximum Gasteiger partial charge on any atom is 0.319 e. The van der Waals surface area contributed by atoms with Gasteiger partial charge in [0.25, 0.3) is 0 Å². The van der Waals surface area contributed by atoms with Crippen LogP contribution in [0.15, 0.2) is 89.9 Å². The molecule has 172 valence electrons. The molecule has 0 fully saturated rings. The van der Waals surface area contributed by atoms with E-state index in [9.17, 15) is 4.79 Å². The number of carbonyl (C=O) groups is 1. The molecule has 2 N–H and O–H groups in total. The largest absolute Gasteiger partial charge is 0.489 e. The summed E-state index contributed by atoms with van der Waals surface area (Å²) in [4.78, 5) is 17.2. The number of ether oxygens (including phenoxy) is 1. The summed E-state index contributed by atoms with van der Waals surface area (Å²) in [5.41, 5.74) is 6.11. The highest BCUT2D eigenvalue weighted by molar-refractivity contribution is 7.11. The smallest absolute Gasteiger partial charge is 0.319 e. The highest BCUT2D eigenvalue weighted by Crippen LogP contribution is 2.37. The lowest BCUT2D eigenvalue weighted by atomic mass is 9.96. The van der Waals surface area contributed by atoms with Crippen LogP contribution >= 0.6 is 11.3 Å². The van der Waals surface area contributed by atoms with Gasteiger partial charge in [-0.25, -0.2) is 9.78 Å². The van der Waals surface area contributed by atoms with E-state index in [1.165, 1.54) is 11.3 Å². The summed E-state index contributed by atoms with van der Waals surface area (Å²) in [6.45, 7) is 2.38. The summed E-state index contributed by atoms with van der Waals surface area (Å²) >= 11 is 1.52. The van der Waals surface area contributed by atoms with Crippen molar-refractivity contribution in [2.75, 3.05) is 0 Å². The maximum absolute atomic E-state index is 12.3. The molecule has 4 aromatic rings. The van der Waals surface area contributed by atoms with E-state index in [4.69, 9.17) is 15.0 Å². The average Bonchev–Trinajstić information content (AvgIpc) is 3.38. The van der Waals surface area contributed by atoms with Gasteiger partial charge in [-0.15, -0.1) is 11.3 Å². The number of aromatic nitrogens is 1. The van der Waals surface area contributed by atoms with Crippen LogP contribution in [0.25, 0.3) is 16.8 Å². The third kappa shape index (κ3) is 4.93. The molecule has 1 atom stereocenters. The molecular formula is C28H22N4O2S. The van der Waals surface area contributed by atoms with E-state index in [1.54, 1.807) is 12.1 Å². The van der Waals surface area contributed by atoms with Crippen molar-refractivity contribution in [3.63, 3.8) is 0 Å². The first-order valence-corrected chi connectivity index (χ1v) is 12.0. The number of nitrogens with one attached hydrogen (secondary N) is 2. The summed E-state index contributed by atoms with van der Waals surface area (Å²) in [6, 6.07) is 26.7. The Morgan fingerprint density at radius 3 is 2.49 bits per heavy atom. The van der Waals surface area contributed by atoms with Crippen LogP contribution in [0.1, 0.15) is 34.7 Å². The zero-order valence-electron chi connectivity index (χ0n) is 19.0. The van der Waals surface area contributed by atoms with Gasteiger partial charge in [0.15, 0.2) is 0 Å². The standard InChI is InChI=1S/C28H22N4O2S/c1-18-25(27-31-24(17-35-27)21-9-7-19(15-29)8-10-21)26(32-28(33)30-18)22-11-13-23(14-12-22)34-16-20-5-3-2-4-6-20/h2-14,17,26H,16H2,1H3,(H2,30,32,33). The number of benzene rings is 3. The van der Waals surface area contributed by atoms with Crippen molar-refractivity contribution < 1.29 is 9.53 Å². The Bertz CT molecular complexity index is 1420. The molecule has 35 heavy (non-hydrogen) atoms. The monoisotopic (exact) mass is 478 g/mol. The number of rotatable bonds is 6. The van der Waals surface area contributed by atoms with Crippen LogP contribution in [0.4, 0.5) is 4.79 Å². The summed E-state index contributed by atoms with van der Waals surface area (Å²) in [6.07, 6.45) is 0. The van der Waals surface area contributed by atoms with Gasteiger partial charge in [-0.3, -0.25) is 0 Å². The molecule has 5 rings (SSSR count). The van der Waals surface area contributed by atoms with Crippen LogP contribution in [0, 0.1) is 11.3 Å². The van der Waals surface area contributed by atoms with E-state index < -0.39 is 0 Å². The molecule has 0 spiro atoms. The Morgan fingerprint density at radius 2 is 1.77 bits per heavy atom. The number of amides is 2. The van der Waals surface area contributed by atoms with Gasteiger partial charge in [-0.05, 0) is 42.3 Å². The molecule has 7 heteroatoms. The normalized spacial score (nSPS) is 15.2. The molecule has 6 nitrogen and oxygen atoms in total. The van der Waals surface area contributed by atoms with Crippen molar-refractivity contribution in [3.05, 3.63) is 112 Å². The second-order valence-corrected chi connectivity index (χ2v) is 9.00. The molecule has 1 unspecified atom stereocenters. The van der Waals surface area contributed by atoms with Crippen LogP contribution in [0.3, 0.4) is 0 Å². The minimum absolute atomic E-state index is 0.246. The van der Waals surface area contributed by atoms with Crippen LogP contribution in [-0.2, 0) is 6.61 Å². The highest BCUT2D eigenvalue weighted by atomic mass is 32.1. The van der Waals surface area contributed by atoms with Crippen molar-refractivity contribution in [2.45, 2.75) is 19.6 Å².